The maximum Gasteiger partial charge on any atom is 0.141 e. The molecule has 0 unspecified atom stereocenters. The minimum absolute atomic E-state index is 0.0912. The molecule has 0 atom stereocenters. The van der Waals surface area contributed by atoms with Crippen molar-refractivity contribution >= 4 is 0 Å². The summed E-state index contributed by atoms with van der Waals surface area (Å²) in [6.07, 6.45) is 4.08. The molecule has 3 N–H and O–H groups in total. The van der Waals surface area contributed by atoms with Gasteiger partial charge in [0.05, 0.1) is 12.3 Å². The van der Waals surface area contributed by atoms with Gasteiger partial charge in [-0.25, -0.2) is 0 Å². The molecule has 0 bridgehead atoms. The number of pyridine rings is 1. The third kappa shape index (κ3) is 3.69. The molecule has 1 fully saturated rings. The van der Waals surface area contributed by atoms with Gasteiger partial charge in [-0.3, -0.25) is 4.98 Å². The number of rotatable bonds is 5. The van der Waals surface area contributed by atoms with E-state index in [0.717, 1.165) is 25.2 Å². The fourth-order valence-electron chi connectivity index (χ4n) is 2.69. The smallest absolute Gasteiger partial charge is 0.141 e. The molecule has 2 heterocycles. The first-order valence-corrected chi connectivity index (χ1v) is 7.28. The predicted octanol–water partition coefficient (Wildman–Crippen LogP) is 1.02. The van der Waals surface area contributed by atoms with Gasteiger partial charge in [0, 0.05) is 23.9 Å². The fraction of sp³-hybridized carbons (Fsp3) is 0.667. The van der Waals surface area contributed by atoms with E-state index in [1.165, 1.54) is 12.8 Å². The van der Waals surface area contributed by atoms with E-state index in [1.54, 1.807) is 13.1 Å². The normalized spacial score (nSPS) is 17.6. The summed E-state index contributed by atoms with van der Waals surface area (Å²) in [4.78, 5) is 6.43. The zero-order chi connectivity index (χ0) is 14.5. The third-order valence-electron chi connectivity index (χ3n) is 4.17. The van der Waals surface area contributed by atoms with E-state index in [4.69, 9.17) is 0 Å². The maximum absolute atomic E-state index is 10.1. The second kappa shape index (κ2) is 7.02. The van der Waals surface area contributed by atoms with Crippen LogP contribution in [0.25, 0.3) is 0 Å². The van der Waals surface area contributed by atoms with E-state index in [-0.39, 0.29) is 12.4 Å². The van der Waals surface area contributed by atoms with Gasteiger partial charge in [0.15, 0.2) is 0 Å². The van der Waals surface area contributed by atoms with E-state index in [9.17, 15) is 10.2 Å². The highest BCUT2D eigenvalue weighted by Gasteiger charge is 2.17. The van der Waals surface area contributed by atoms with E-state index >= 15 is 0 Å². The number of aromatic hydroxyl groups is 1. The molecule has 0 saturated carbocycles. The van der Waals surface area contributed by atoms with Crippen LogP contribution < -0.4 is 5.32 Å². The number of hydrogen-bond acceptors (Lipinski definition) is 5. The van der Waals surface area contributed by atoms with Crippen LogP contribution in [0.5, 0.6) is 5.75 Å². The van der Waals surface area contributed by atoms with Crippen molar-refractivity contribution in [1.82, 2.24) is 15.2 Å². The first-order chi connectivity index (χ1) is 9.61. The number of aliphatic hydroxyl groups excluding tert-OH is 1. The molecule has 0 aliphatic carbocycles. The van der Waals surface area contributed by atoms with Crippen LogP contribution >= 0.6 is 0 Å². The first-order valence-electron chi connectivity index (χ1n) is 7.28. The number of piperidine rings is 1. The molecule has 20 heavy (non-hydrogen) atoms. The van der Waals surface area contributed by atoms with Gasteiger partial charge in [-0.05, 0) is 52.4 Å². The standard InChI is InChI=1S/C15H25N3O2/c1-11-15(20)14(13(10-19)8-17-11)9-16-7-12-3-5-18(2)6-4-12/h8,12,16,19-20H,3-7,9-10H2,1-2H3. The molecule has 0 aromatic carbocycles. The Hall–Kier alpha value is -1.17. The van der Waals surface area contributed by atoms with Crippen LogP contribution in [-0.4, -0.2) is 46.8 Å². The van der Waals surface area contributed by atoms with Crippen LogP contribution in [0.15, 0.2) is 6.20 Å². The average molecular weight is 279 g/mol. The lowest BCUT2D eigenvalue weighted by atomic mass is 9.97. The lowest BCUT2D eigenvalue weighted by Crippen LogP contribution is -2.34. The topological polar surface area (TPSA) is 68.6 Å². The Bertz CT molecular complexity index is 443. The molecule has 0 radical (unpaired) electrons. The van der Waals surface area contributed by atoms with Crippen LogP contribution in [-0.2, 0) is 13.2 Å². The zero-order valence-corrected chi connectivity index (χ0v) is 12.4. The number of hydrogen-bond donors (Lipinski definition) is 3. The van der Waals surface area contributed by atoms with Crippen LogP contribution in [0, 0.1) is 12.8 Å². The van der Waals surface area contributed by atoms with Gasteiger partial charge in [-0.2, -0.15) is 0 Å². The summed E-state index contributed by atoms with van der Waals surface area (Å²) in [6, 6.07) is 0. The van der Waals surface area contributed by atoms with Gasteiger partial charge in [-0.15, -0.1) is 0 Å². The Labute approximate surface area is 120 Å². The minimum Gasteiger partial charge on any atom is -0.506 e. The Balaban J connectivity index is 1.89. The number of aromatic nitrogens is 1. The summed E-state index contributed by atoms with van der Waals surface area (Å²) in [7, 11) is 2.16. The van der Waals surface area contributed by atoms with Crippen molar-refractivity contribution in [1.29, 1.82) is 0 Å². The van der Waals surface area contributed by atoms with Crippen molar-refractivity contribution in [3.05, 3.63) is 23.0 Å². The molecule has 0 spiro atoms. The Kier molecular flexibility index (Phi) is 5.34. The Morgan fingerprint density at radius 2 is 2.10 bits per heavy atom. The molecule has 5 heteroatoms. The molecule has 112 valence electrons. The van der Waals surface area contributed by atoms with Crippen molar-refractivity contribution in [2.24, 2.45) is 5.92 Å². The summed E-state index contributed by atoms with van der Waals surface area (Å²) in [5.41, 5.74) is 2.08. The van der Waals surface area contributed by atoms with E-state index in [0.29, 0.717) is 23.7 Å². The van der Waals surface area contributed by atoms with Crippen molar-refractivity contribution in [3.8, 4) is 5.75 Å². The lowest BCUT2D eigenvalue weighted by Gasteiger charge is -2.29. The van der Waals surface area contributed by atoms with Crippen LogP contribution in [0.3, 0.4) is 0 Å². The first kappa shape index (κ1) is 15.2. The molecular weight excluding hydrogens is 254 g/mol. The monoisotopic (exact) mass is 279 g/mol. The van der Waals surface area contributed by atoms with Gasteiger partial charge < -0.3 is 20.4 Å². The van der Waals surface area contributed by atoms with Crippen molar-refractivity contribution in [2.45, 2.75) is 32.9 Å². The van der Waals surface area contributed by atoms with Crippen LogP contribution in [0.2, 0.25) is 0 Å². The van der Waals surface area contributed by atoms with Gasteiger partial charge in [0.2, 0.25) is 0 Å². The molecule has 1 saturated heterocycles. The van der Waals surface area contributed by atoms with Gasteiger partial charge in [0.25, 0.3) is 0 Å². The quantitative estimate of drug-likeness (QED) is 0.751. The third-order valence-corrected chi connectivity index (χ3v) is 4.17. The number of likely N-dealkylation sites (tertiary alicyclic amines) is 1. The molecule has 1 aromatic heterocycles. The maximum atomic E-state index is 10.1. The summed E-state index contributed by atoms with van der Waals surface area (Å²) >= 11 is 0. The molecule has 1 aliphatic heterocycles. The Morgan fingerprint density at radius 1 is 1.40 bits per heavy atom. The molecule has 0 amide bonds. The van der Waals surface area contributed by atoms with E-state index in [1.807, 2.05) is 0 Å². The van der Waals surface area contributed by atoms with Crippen molar-refractivity contribution in [3.63, 3.8) is 0 Å². The zero-order valence-electron chi connectivity index (χ0n) is 12.4. The second-order valence-electron chi connectivity index (χ2n) is 5.73. The van der Waals surface area contributed by atoms with Gasteiger partial charge >= 0.3 is 0 Å². The van der Waals surface area contributed by atoms with E-state index in [2.05, 4.69) is 22.2 Å². The van der Waals surface area contributed by atoms with Crippen molar-refractivity contribution < 1.29 is 10.2 Å². The highest BCUT2D eigenvalue weighted by Crippen LogP contribution is 2.24. The van der Waals surface area contributed by atoms with Crippen molar-refractivity contribution in [2.75, 3.05) is 26.7 Å². The highest BCUT2D eigenvalue weighted by molar-refractivity contribution is 5.40. The summed E-state index contributed by atoms with van der Waals surface area (Å²) < 4.78 is 0. The number of nitrogens with zero attached hydrogens (tertiary/aromatic N) is 2. The molecule has 2 rings (SSSR count). The summed E-state index contributed by atoms with van der Waals surface area (Å²) in [6.45, 7) is 5.54. The fourth-order valence-corrected chi connectivity index (χ4v) is 2.69. The summed E-state index contributed by atoms with van der Waals surface area (Å²) in [5.74, 6) is 0.904. The Morgan fingerprint density at radius 3 is 2.75 bits per heavy atom. The lowest BCUT2D eigenvalue weighted by molar-refractivity contribution is 0.215. The van der Waals surface area contributed by atoms with Gasteiger partial charge in [0.1, 0.15) is 5.75 Å². The predicted molar refractivity (Wildman–Crippen MR) is 78.5 cm³/mol. The summed E-state index contributed by atoms with van der Waals surface area (Å²) in [5, 5.41) is 22.8. The van der Waals surface area contributed by atoms with E-state index < -0.39 is 0 Å². The average Bonchev–Trinajstić information content (AvgIpc) is 2.46. The number of nitrogens with one attached hydrogen (secondary N) is 1. The molecular formula is C15H25N3O2. The minimum atomic E-state index is -0.0912. The molecule has 1 aliphatic rings. The largest absolute Gasteiger partial charge is 0.506 e. The van der Waals surface area contributed by atoms with Gasteiger partial charge in [-0.1, -0.05) is 0 Å². The number of aryl methyl sites for hydroxylation is 1. The SMILES string of the molecule is Cc1ncc(CO)c(CNCC2CCN(C)CC2)c1O. The van der Waals surface area contributed by atoms with Crippen LogP contribution in [0.4, 0.5) is 0 Å². The van der Waals surface area contributed by atoms with Crippen LogP contribution in [0.1, 0.15) is 29.7 Å². The molecule has 1 aromatic rings. The second-order valence-corrected chi connectivity index (χ2v) is 5.73. The molecule has 5 nitrogen and oxygen atoms in total. The number of aliphatic hydroxyl groups is 1. The highest BCUT2D eigenvalue weighted by atomic mass is 16.3.